The summed E-state index contributed by atoms with van der Waals surface area (Å²) in [5, 5.41) is 3.52. The van der Waals surface area contributed by atoms with Gasteiger partial charge in [-0.2, -0.15) is 0 Å². The predicted molar refractivity (Wildman–Crippen MR) is 80.9 cm³/mol. The van der Waals surface area contributed by atoms with Gasteiger partial charge in [-0.3, -0.25) is 9.78 Å². The Morgan fingerprint density at radius 1 is 1.45 bits per heavy atom. The maximum Gasteiger partial charge on any atom is 0.267 e. The zero-order chi connectivity index (χ0) is 14.5. The number of rotatable bonds is 5. The molecular formula is C15H24N4O. The summed E-state index contributed by atoms with van der Waals surface area (Å²) in [6.07, 6.45) is 6.40. The van der Waals surface area contributed by atoms with Gasteiger partial charge in [-0.1, -0.05) is 6.92 Å². The van der Waals surface area contributed by atoms with E-state index in [1.165, 1.54) is 25.7 Å². The minimum absolute atomic E-state index is 0.329. The van der Waals surface area contributed by atoms with E-state index < -0.39 is 5.91 Å². The summed E-state index contributed by atoms with van der Waals surface area (Å²) in [5.74, 6) is -0.476. The SMILES string of the molecule is CCNC1CCC(N(C)c2ccnc(C(N)=O)c2)CC1. The van der Waals surface area contributed by atoms with Crippen LogP contribution in [-0.4, -0.2) is 36.6 Å². The Bertz CT molecular complexity index is 455. The maximum absolute atomic E-state index is 11.2. The summed E-state index contributed by atoms with van der Waals surface area (Å²) in [5.41, 5.74) is 6.63. The molecule has 1 amide bonds. The normalized spacial score (nSPS) is 22.5. The van der Waals surface area contributed by atoms with Gasteiger partial charge in [0, 0.05) is 31.0 Å². The monoisotopic (exact) mass is 276 g/mol. The molecule has 0 aromatic carbocycles. The van der Waals surface area contributed by atoms with Crippen molar-refractivity contribution in [3.63, 3.8) is 0 Å². The summed E-state index contributed by atoms with van der Waals surface area (Å²) in [6, 6.07) is 4.89. The second-order valence-corrected chi connectivity index (χ2v) is 5.44. The summed E-state index contributed by atoms with van der Waals surface area (Å²) >= 11 is 0. The number of nitrogens with zero attached hydrogens (tertiary/aromatic N) is 2. The lowest BCUT2D eigenvalue weighted by Gasteiger charge is -2.36. The van der Waals surface area contributed by atoms with Gasteiger partial charge in [0.2, 0.25) is 0 Å². The number of anilines is 1. The third-order valence-corrected chi connectivity index (χ3v) is 4.14. The molecule has 1 saturated carbocycles. The molecule has 2 rings (SSSR count). The molecular weight excluding hydrogens is 252 g/mol. The standard InChI is InChI=1S/C15H24N4O/c1-3-17-11-4-6-12(7-5-11)19(2)13-8-9-18-14(10-13)15(16)20/h8-12,17H,3-7H2,1-2H3,(H2,16,20). The smallest absolute Gasteiger partial charge is 0.267 e. The first kappa shape index (κ1) is 14.8. The molecule has 0 bridgehead atoms. The van der Waals surface area contributed by atoms with Crippen LogP contribution in [0.1, 0.15) is 43.1 Å². The van der Waals surface area contributed by atoms with Gasteiger partial charge in [0.25, 0.3) is 5.91 Å². The van der Waals surface area contributed by atoms with E-state index in [4.69, 9.17) is 5.73 Å². The van der Waals surface area contributed by atoms with Crippen molar-refractivity contribution < 1.29 is 4.79 Å². The number of carbonyl (C=O) groups is 1. The lowest BCUT2D eigenvalue weighted by Crippen LogP contribution is -2.41. The minimum atomic E-state index is -0.476. The Balaban J connectivity index is 1.99. The van der Waals surface area contributed by atoms with Crippen molar-refractivity contribution in [1.29, 1.82) is 0 Å². The summed E-state index contributed by atoms with van der Waals surface area (Å²) in [6.45, 7) is 3.19. The van der Waals surface area contributed by atoms with E-state index in [2.05, 4.69) is 29.2 Å². The number of pyridine rings is 1. The van der Waals surface area contributed by atoms with E-state index in [1.807, 2.05) is 6.07 Å². The van der Waals surface area contributed by atoms with Gasteiger partial charge in [-0.15, -0.1) is 0 Å². The van der Waals surface area contributed by atoms with Crippen molar-refractivity contribution in [2.75, 3.05) is 18.5 Å². The van der Waals surface area contributed by atoms with Crippen molar-refractivity contribution >= 4 is 11.6 Å². The fourth-order valence-electron chi connectivity index (χ4n) is 2.94. The molecule has 0 spiro atoms. The number of nitrogens with two attached hydrogens (primary N) is 1. The zero-order valence-corrected chi connectivity index (χ0v) is 12.3. The van der Waals surface area contributed by atoms with Crippen LogP contribution in [0, 0.1) is 0 Å². The van der Waals surface area contributed by atoms with E-state index in [0.717, 1.165) is 12.2 Å². The van der Waals surface area contributed by atoms with E-state index in [9.17, 15) is 4.79 Å². The van der Waals surface area contributed by atoms with Crippen LogP contribution in [-0.2, 0) is 0 Å². The van der Waals surface area contributed by atoms with Crippen LogP contribution < -0.4 is 16.0 Å². The van der Waals surface area contributed by atoms with Crippen LogP contribution >= 0.6 is 0 Å². The van der Waals surface area contributed by atoms with Gasteiger partial charge in [0.15, 0.2) is 0 Å². The van der Waals surface area contributed by atoms with E-state index >= 15 is 0 Å². The molecule has 1 fully saturated rings. The second-order valence-electron chi connectivity index (χ2n) is 5.44. The van der Waals surface area contributed by atoms with Gasteiger partial charge in [0.1, 0.15) is 5.69 Å². The third-order valence-electron chi connectivity index (χ3n) is 4.14. The number of hydrogen-bond donors (Lipinski definition) is 2. The average molecular weight is 276 g/mol. The molecule has 1 aliphatic carbocycles. The highest BCUT2D eigenvalue weighted by Gasteiger charge is 2.24. The molecule has 5 nitrogen and oxygen atoms in total. The van der Waals surface area contributed by atoms with Crippen molar-refractivity contribution in [2.45, 2.75) is 44.7 Å². The number of amides is 1. The summed E-state index contributed by atoms with van der Waals surface area (Å²) < 4.78 is 0. The molecule has 1 heterocycles. The lowest BCUT2D eigenvalue weighted by atomic mass is 9.90. The topological polar surface area (TPSA) is 71.2 Å². The van der Waals surface area contributed by atoms with Crippen molar-refractivity contribution in [1.82, 2.24) is 10.3 Å². The largest absolute Gasteiger partial charge is 0.372 e. The Kier molecular flexibility index (Phi) is 4.95. The van der Waals surface area contributed by atoms with Gasteiger partial charge in [-0.05, 0) is 44.4 Å². The molecule has 1 aromatic heterocycles. The number of hydrogen-bond acceptors (Lipinski definition) is 4. The summed E-state index contributed by atoms with van der Waals surface area (Å²) in [4.78, 5) is 17.4. The van der Waals surface area contributed by atoms with Crippen LogP contribution in [0.3, 0.4) is 0 Å². The van der Waals surface area contributed by atoms with Crippen molar-refractivity contribution in [2.24, 2.45) is 5.73 Å². The molecule has 110 valence electrons. The Labute approximate surface area is 120 Å². The molecule has 5 heteroatoms. The first-order chi connectivity index (χ1) is 9.61. The highest BCUT2D eigenvalue weighted by molar-refractivity contribution is 5.91. The van der Waals surface area contributed by atoms with Crippen molar-refractivity contribution in [3.05, 3.63) is 24.0 Å². The second kappa shape index (κ2) is 6.70. The van der Waals surface area contributed by atoms with Gasteiger partial charge in [0.05, 0.1) is 0 Å². The molecule has 20 heavy (non-hydrogen) atoms. The number of primary amides is 1. The highest BCUT2D eigenvalue weighted by atomic mass is 16.1. The van der Waals surface area contributed by atoms with Crippen LogP contribution in [0.25, 0.3) is 0 Å². The minimum Gasteiger partial charge on any atom is -0.372 e. The summed E-state index contributed by atoms with van der Waals surface area (Å²) in [7, 11) is 2.08. The molecule has 1 aromatic rings. The lowest BCUT2D eigenvalue weighted by molar-refractivity contribution is 0.0995. The third kappa shape index (κ3) is 3.48. The first-order valence-corrected chi connectivity index (χ1v) is 7.34. The van der Waals surface area contributed by atoms with Crippen LogP contribution in [0.4, 0.5) is 5.69 Å². The molecule has 0 atom stereocenters. The Morgan fingerprint density at radius 3 is 2.75 bits per heavy atom. The van der Waals surface area contributed by atoms with Gasteiger partial charge < -0.3 is 16.0 Å². The van der Waals surface area contributed by atoms with E-state index in [0.29, 0.717) is 17.8 Å². The number of carbonyl (C=O) groups excluding carboxylic acids is 1. The molecule has 0 unspecified atom stereocenters. The quantitative estimate of drug-likeness (QED) is 0.855. The fourth-order valence-corrected chi connectivity index (χ4v) is 2.94. The van der Waals surface area contributed by atoms with E-state index in [1.54, 1.807) is 12.3 Å². The molecule has 3 N–H and O–H groups in total. The van der Waals surface area contributed by atoms with Crippen LogP contribution in [0.5, 0.6) is 0 Å². The number of nitrogens with one attached hydrogen (secondary N) is 1. The average Bonchev–Trinajstić information content (AvgIpc) is 2.48. The zero-order valence-electron chi connectivity index (χ0n) is 12.3. The van der Waals surface area contributed by atoms with Gasteiger partial charge >= 0.3 is 0 Å². The van der Waals surface area contributed by atoms with Crippen LogP contribution in [0.2, 0.25) is 0 Å². The molecule has 0 saturated heterocycles. The highest BCUT2D eigenvalue weighted by Crippen LogP contribution is 2.26. The maximum atomic E-state index is 11.2. The molecule has 1 aliphatic rings. The van der Waals surface area contributed by atoms with E-state index in [-0.39, 0.29) is 0 Å². The fraction of sp³-hybridized carbons (Fsp3) is 0.600. The number of aromatic nitrogens is 1. The first-order valence-electron chi connectivity index (χ1n) is 7.34. The Morgan fingerprint density at radius 2 is 2.15 bits per heavy atom. The van der Waals surface area contributed by atoms with Crippen LogP contribution in [0.15, 0.2) is 18.3 Å². The van der Waals surface area contributed by atoms with Crippen molar-refractivity contribution in [3.8, 4) is 0 Å². The predicted octanol–water partition coefficient (Wildman–Crippen LogP) is 1.54. The van der Waals surface area contributed by atoms with Gasteiger partial charge in [-0.25, -0.2) is 0 Å². The molecule has 0 aliphatic heterocycles. The Hall–Kier alpha value is -1.62. The molecule has 0 radical (unpaired) electrons.